The lowest BCUT2D eigenvalue weighted by molar-refractivity contribution is 0.214. The predicted octanol–water partition coefficient (Wildman–Crippen LogP) is 6.03. The molecule has 0 aliphatic carbocycles. The largest absolute Gasteiger partial charge is 0.368 e. The van der Waals surface area contributed by atoms with E-state index in [-0.39, 0.29) is 13.2 Å². The summed E-state index contributed by atoms with van der Waals surface area (Å²) in [6.07, 6.45) is 0. The fraction of sp³-hybridized carbons (Fsp3) is 0.333. The predicted molar refractivity (Wildman–Crippen MR) is 99.9 cm³/mol. The summed E-state index contributed by atoms with van der Waals surface area (Å²) in [4.78, 5) is 0. The van der Waals surface area contributed by atoms with Crippen molar-refractivity contribution >= 4 is 24.9 Å². The molecular formula is C18H23ClNO3P. The minimum atomic E-state index is -3.45. The highest BCUT2D eigenvalue weighted by Gasteiger charge is 2.38. The molecule has 0 aliphatic rings. The second-order valence-electron chi connectivity index (χ2n) is 5.31. The van der Waals surface area contributed by atoms with Crippen molar-refractivity contribution in [3.05, 3.63) is 64.7 Å². The maximum Gasteiger partial charge on any atom is 0.357 e. The number of benzene rings is 2. The van der Waals surface area contributed by atoms with Crippen molar-refractivity contribution in [2.24, 2.45) is 0 Å². The summed E-state index contributed by atoms with van der Waals surface area (Å²) in [5, 5.41) is 3.81. The Morgan fingerprint density at radius 2 is 1.75 bits per heavy atom. The van der Waals surface area contributed by atoms with E-state index in [2.05, 4.69) is 5.32 Å². The van der Waals surface area contributed by atoms with Crippen LogP contribution in [0, 0.1) is 6.92 Å². The molecular weight excluding hydrogens is 345 g/mol. The number of halogens is 1. The SMILES string of the molecule is CCOP(=O)(OCC)C(Nc1cccc(C)c1)c1ccccc1Cl. The molecule has 0 spiro atoms. The molecule has 0 fully saturated rings. The van der Waals surface area contributed by atoms with Gasteiger partial charge in [0.2, 0.25) is 0 Å². The Kier molecular flexibility index (Phi) is 6.88. The molecule has 0 saturated carbocycles. The highest BCUT2D eigenvalue weighted by Crippen LogP contribution is 2.61. The normalized spacial score (nSPS) is 12.8. The van der Waals surface area contributed by atoms with E-state index in [4.69, 9.17) is 20.6 Å². The van der Waals surface area contributed by atoms with E-state index in [1.165, 1.54) is 0 Å². The van der Waals surface area contributed by atoms with E-state index in [0.29, 0.717) is 10.6 Å². The van der Waals surface area contributed by atoms with Crippen LogP contribution in [0.1, 0.15) is 30.8 Å². The summed E-state index contributed by atoms with van der Waals surface area (Å²) >= 11 is 6.35. The van der Waals surface area contributed by atoms with Crippen LogP contribution in [0.2, 0.25) is 5.02 Å². The van der Waals surface area contributed by atoms with Gasteiger partial charge in [-0.3, -0.25) is 4.57 Å². The van der Waals surface area contributed by atoms with Crippen LogP contribution in [-0.2, 0) is 13.6 Å². The first-order valence-electron chi connectivity index (χ1n) is 7.96. The molecule has 2 aromatic carbocycles. The lowest BCUT2D eigenvalue weighted by Crippen LogP contribution is -2.15. The number of anilines is 1. The topological polar surface area (TPSA) is 47.6 Å². The van der Waals surface area contributed by atoms with Gasteiger partial charge < -0.3 is 14.4 Å². The maximum absolute atomic E-state index is 13.4. The van der Waals surface area contributed by atoms with E-state index in [1.807, 2.05) is 49.4 Å². The molecule has 1 atom stereocenters. The molecule has 0 heterocycles. The highest BCUT2D eigenvalue weighted by molar-refractivity contribution is 7.54. The van der Waals surface area contributed by atoms with Crippen LogP contribution in [0.25, 0.3) is 0 Å². The van der Waals surface area contributed by atoms with Gasteiger partial charge in [-0.25, -0.2) is 0 Å². The summed E-state index contributed by atoms with van der Waals surface area (Å²) in [5.74, 6) is -0.687. The Morgan fingerprint density at radius 1 is 1.08 bits per heavy atom. The minimum absolute atomic E-state index is 0.285. The Hall–Kier alpha value is -1.32. The molecule has 1 N–H and O–H groups in total. The summed E-state index contributed by atoms with van der Waals surface area (Å²) < 4.78 is 24.5. The second kappa shape index (κ2) is 8.68. The molecule has 130 valence electrons. The number of nitrogens with one attached hydrogen (secondary N) is 1. The second-order valence-corrected chi connectivity index (χ2v) is 7.83. The number of hydrogen-bond acceptors (Lipinski definition) is 4. The molecule has 1 unspecified atom stereocenters. The zero-order chi connectivity index (χ0) is 17.6. The summed E-state index contributed by atoms with van der Waals surface area (Å²) in [7, 11) is -3.45. The van der Waals surface area contributed by atoms with Crippen molar-refractivity contribution in [3.63, 3.8) is 0 Å². The third-order valence-corrected chi connectivity index (χ3v) is 6.08. The molecule has 6 heteroatoms. The first kappa shape index (κ1) is 19.0. The third kappa shape index (κ3) is 4.61. The average molecular weight is 368 g/mol. The lowest BCUT2D eigenvalue weighted by atomic mass is 10.2. The van der Waals surface area contributed by atoms with E-state index in [9.17, 15) is 4.57 Å². The van der Waals surface area contributed by atoms with Gasteiger partial charge in [0.1, 0.15) is 0 Å². The molecule has 0 aliphatic heterocycles. The molecule has 0 aromatic heterocycles. The Labute approximate surface area is 148 Å². The zero-order valence-electron chi connectivity index (χ0n) is 14.2. The molecule has 0 amide bonds. The van der Waals surface area contributed by atoms with Crippen molar-refractivity contribution in [2.45, 2.75) is 26.6 Å². The van der Waals surface area contributed by atoms with Crippen molar-refractivity contribution in [2.75, 3.05) is 18.5 Å². The molecule has 0 radical (unpaired) electrons. The zero-order valence-corrected chi connectivity index (χ0v) is 15.8. The van der Waals surface area contributed by atoms with Crippen LogP contribution in [-0.4, -0.2) is 13.2 Å². The van der Waals surface area contributed by atoms with E-state index in [1.54, 1.807) is 19.9 Å². The minimum Gasteiger partial charge on any atom is -0.368 e. The van der Waals surface area contributed by atoms with Crippen LogP contribution < -0.4 is 5.32 Å². The molecule has 0 bridgehead atoms. The molecule has 4 nitrogen and oxygen atoms in total. The monoisotopic (exact) mass is 367 g/mol. The summed E-state index contributed by atoms with van der Waals surface area (Å²) in [5.41, 5.74) is 2.62. The fourth-order valence-corrected chi connectivity index (χ4v) is 4.75. The van der Waals surface area contributed by atoms with Gasteiger partial charge >= 0.3 is 7.60 Å². The third-order valence-electron chi connectivity index (χ3n) is 3.46. The van der Waals surface area contributed by atoms with Crippen molar-refractivity contribution in [1.29, 1.82) is 0 Å². The van der Waals surface area contributed by atoms with Gasteiger partial charge in [-0.2, -0.15) is 0 Å². The Bertz CT molecular complexity index is 713. The lowest BCUT2D eigenvalue weighted by Gasteiger charge is -2.28. The highest BCUT2D eigenvalue weighted by atomic mass is 35.5. The van der Waals surface area contributed by atoms with Gasteiger partial charge in [-0.1, -0.05) is 41.9 Å². The summed E-state index contributed by atoms with van der Waals surface area (Å²) in [6, 6.07) is 15.1. The molecule has 0 saturated heterocycles. The number of hydrogen-bond donors (Lipinski definition) is 1. The Morgan fingerprint density at radius 3 is 2.33 bits per heavy atom. The van der Waals surface area contributed by atoms with Crippen LogP contribution in [0.3, 0.4) is 0 Å². The van der Waals surface area contributed by atoms with Crippen LogP contribution in [0.5, 0.6) is 0 Å². The van der Waals surface area contributed by atoms with Crippen LogP contribution in [0.15, 0.2) is 48.5 Å². The standard InChI is InChI=1S/C18H23ClNO3P/c1-4-22-24(21,23-5-2)18(16-11-6-7-12-17(16)19)20-15-10-8-9-14(3)13-15/h6-13,18,20H,4-5H2,1-3H3. The first-order chi connectivity index (χ1) is 11.5. The molecule has 24 heavy (non-hydrogen) atoms. The van der Waals surface area contributed by atoms with Gasteiger partial charge in [-0.05, 0) is 44.5 Å². The first-order valence-corrected chi connectivity index (χ1v) is 9.95. The van der Waals surface area contributed by atoms with Crippen molar-refractivity contribution < 1.29 is 13.6 Å². The van der Waals surface area contributed by atoms with Crippen LogP contribution >= 0.6 is 19.2 Å². The van der Waals surface area contributed by atoms with E-state index >= 15 is 0 Å². The number of rotatable bonds is 8. The van der Waals surface area contributed by atoms with Crippen molar-refractivity contribution in [1.82, 2.24) is 0 Å². The van der Waals surface area contributed by atoms with Gasteiger partial charge in [0.15, 0.2) is 5.78 Å². The average Bonchev–Trinajstić information content (AvgIpc) is 2.54. The van der Waals surface area contributed by atoms with Gasteiger partial charge in [0, 0.05) is 16.3 Å². The molecule has 2 aromatic rings. The van der Waals surface area contributed by atoms with Crippen LogP contribution in [0.4, 0.5) is 5.69 Å². The van der Waals surface area contributed by atoms with E-state index in [0.717, 1.165) is 11.3 Å². The maximum atomic E-state index is 13.4. The van der Waals surface area contributed by atoms with E-state index < -0.39 is 13.4 Å². The molecule has 2 rings (SSSR count). The van der Waals surface area contributed by atoms with Gasteiger partial charge in [-0.15, -0.1) is 0 Å². The summed E-state index contributed by atoms with van der Waals surface area (Å²) in [6.45, 7) is 6.16. The quantitative estimate of drug-likeness (QED) is 0.579. The van der Waals surface area contributed by atoms with Gasteiger partial charge in [0.25, 0.3) is 0 Å². The van der Waals surface area contributed by atoms with Gasteiger partial charge in [0.05, 0.1) is 13.2 Å². The smallest absolute Gasteiger partial charge is 0.357 e. The number of aryl methyl sites for hydroxylation is 1. The fourth-order valence-electron chi connectivity index (χ4n) is 2.46. The van der Waals surface area contributed by atoms with Crippen molar-refractivity contribution in [3.8, 4) is 0 Å². The Balaban J connectivity index is 2.48.